The van der Waals surface area contributed by atoms with Crippen LogP contribution >= 0.6 is 0 Å². The van der Waals surface area contributed by atoms with E-state index in [1.807, 2.05) is 0 Å². The Hall–Kier alpha value is -3.42. The van der Waals surface area contributed by atoms with Crippen molar-refractivity contribution in [1.29, 1.82) is 0 Å². The smallest absolute Gasteiger partial charge is 0.318 e. The van der Waals surface area contributed by atoms with Gasteiger partial charge >= 0.3 is 6.03 Å². The van der Waals surface area contributed by atoms with E-state index in [-0.39, 0.29) is 18.3 Å². The summed E-state index contributed by atoms with van der Waals surface area (Å²) in [7, 11) is 1.58. The first-order valence-electron chi connectivity index (χ1n) is 7.37. The minimum atomic E-state index is -0.547. The molecule has 0 bridgehead atoms. The Morgan fingerprint density at radius 3 is 2.52 bits per heavy atom. The topological polar surface area (TPSA) is 94.5 Å². The number of aromatic nitrogens is 2. The van der Waals surface area contributed by atoms with Crippen LogP contribution in [-0.4, -0.2) is 23.2 Å². The quantitative estimate of drug-likeness (QED) is 0.769. The van der Waals surface area contributed by atoms with Crippen LogP contribution in [0, 0.1) is 5.82 Å². The molecule has 3 rings (SSSR count). The van der Waals surface area contributed by atoms with E-state index in [9.17, 15) is 9.18 Å². The van der Waals surface area contributed by atoms with Crippen molar-refractivity contribution >= 4 is 11.7 Å². The van der Waals surface area contributed by atoms with Gasteiger partial charge in [0.1, 0.15) is 11.6 Å². The van der Waals surface area contributed by atoms with E-state index < -0.39 is 6.03 Å². The van der Waals surface area contributed by atoms with E-state index in [1.54, 1.807) is 43.4 Å². The van der Waals surface area contributed by atoms with Crippen LogP contribution in [0.4, 0.5) is 14.9 Å². The molecular formula is C17H15FN4O3. The summed E-state index contributed by atoms with van der Waals surface area (Å²) in [5.41, 5.74) is 6.48. The number of nitrogens with two attached hydrogens (primary N) is 1. The summed E-state index contributed by atoms with van der Waals surface area (Å²) in [6.45, 7) is 0.107. The molecule has 0 spiro atoms. The molecule has 2 N–H and O–H groups in total. The van der Waals surface area contributed by atoms with Crippen LogP contribution in [0.15, 0.2) is 53.1 Å². The largest absolute Gasteiger partial charge is 0.485 e. The number of urea groups is 1. The van der Waals surface area contributed by atoms with Crippen molar-refractivity contribution < 1.29 is 18.4 Å². The van der Waals surface area contributed by atoms with Crippen molar-refractivity contribution in [3.8, 4) is 17.2 Å². The van der Waals surface area contributed by atoms with Crippen LogP contribution in [0.25, 0.3) is 11.5 Å². The SMILES string of the molecule is CN(C(N)=O)c1ccc(OCc2noc(-c3ccc(F)cc3)n2)cc1. The maximum Gasteiger partial charge on any atom is 0.318 e. The van der Waals surface area contributed by atoms with Crippen molar-refractivity contribution in [2.75, 3.05) is 11.9 Å². The number of anilines is 1. The minimum absolute atomic E-state index is 0.107. The van der Waals surface area contributed by atoms with Gasteiger partial charge in [0.15, 0.2) is 6.61 Å². The van der Waals surface area contributed by atoms with Crippen molar-refractivity contribution in [3.05, 3.63) is 60.2 Å². The summed E-state index contributed by atoms with van der Waals surface area (Å²) in [4.78, 5) is 16.6. The van der Waals surface area contributed by atoms with Gasteiger partial charge in [0.2, 0.25) is 5.82 Å². The van der Waals surface area contributed by atoms with E-state index >= 15 is 0 Å². The van der Waals surface area contributed by atoms with Gasteiger partial charge in [-0.1, -0.05) is 5.16 Å². The molecule has 1 heterocycles. The Bertz CT molecular complexity index is 862. The number of carbonyl (C=O) groups excluding carboxylic acids is 1. The first-order chi connectivity index (χ1) is 12.0. The van der Waals surface area contributed by atoms with E-state index in [0.717, 1.165) is 0 Å². The van der Waals surface area contributed by atoms with Crippen LogP contribution in [-0.2, 0) is 6.61 Å². The number of amides is 2. The molecule has 128 valence electrons. The van der Waals surface area contributed by atoms with Gasteiger partial charge in [-0.15, -0.1) is 0 Å². The normalized spacial score (nSPS) is 10.5. The predicted octanol–water partition coefficient (Wildman–Crippen LogP) is 2.97. The molecule has 0 radical (unpaired) electrons. The van der Waals surface area contributed by atoms with Crippen LogP contribution in [0.1, 0.15) is 5.82 Å². The Morgan fingerprint density at radius 2 is 1.88 bits per heavy atom. The molecule has 0 saturated heterocycles. The number of primary amides is 1. The molecule has 0 aliphatic heterocycles. The highest BCUT2D eigenvalue weighted by Gasteiger charge is 2.10. The zero-order valence-electron chi connectivity index (χ0n) is 13.3. The van der Waals surface area contributed by atoms with Gasteiger partial charge in [0, 0.05) is 18.3 Å². The van der Waals surface area contributed by atoms with Gasteiger partial charge < -0.3 is 15.0 Å². The third-order valence-electron chi connectivity index (χ3n) is 3.48. The van der Waals surface area contributed by atoms with Crippen molar-refractivity contribution in [3.63, 3.8) is 0 Å². The predicted molar refractivity (Wildman–Crippen MR) is 88.5 cm³/mol. The first-order valence-corrected chi connectivity index (χ1v) is 7.37. The van der Waals surface area contributed by atoms with E-state index in [0.29, 0.717) is 22.8 Å². The number of hydrogen-bond acceptors (Lipinski definition) is 5. The molecule has 0 fully saturated rings. The van der Waals surface area contributed by atoms with E-state index in [2.05, 4.69) is 10.1 Å². The van der Waals surface area contributed by atoms with Gasteiger partial charge in [0.05, 0.1) is 0 Å². The lowest BCUT2D eigenvalue weighted by atomic mass is 10.2. The fraction of sp³-hybridized carbons (Fsp3) is 0.118. The lowest BCUT2D eigenvalue weighted by Crippen LogP contribution is -2.31. The maximum absolute atomic E-state index is 12.9. The molecule has 1 aromatic heterocycles. The van der Waals surface area contributed by atoms with Crippen LogP contribution in [0.3, 0.4) is 0 Å². The number of halogens is 1. The first kappa shape index (κ1) is 16.4. The summed E-state index contributed by atoms with van der Waals surface area (Å²) in [6, 6.07) is 12.0. The molecule has 2 aromatic carbocycles. The fourth-order valence-electron chi connectivity index (χ4n) is 2.06. The molecule has 0 unspecified atom stereocenters. The summed E-state index contributed by atoms with van der Waals surface area (Å²) >= 11 is 0. The molecule has 0 saturated carbocycles. The van der Waals surface area contributed by atoms with Crippen LogP contribution in [0.2, 0.25) is 0 Å². The lowest BCUT2D eigenvalue weighted by Gasteiger charge is -2.14. The second-order valence-corrected chi connectivity index (χ2v) is 5.20. The highest BCUT2D eigenvalue weighted by molar-refractivity contribution is 5.90. The molecule has 7 nitrogen and oxygen atoms in total. The number of carbonyl (C=O) groups is 1. The van der Waals surface area contributed by atoms with Gasteiger partial charge in [-0.3, -0.25) is 4.90 Å². The van der Waals surface area contributed by atoms with Crippen molar-refractivity contribution in [2.45, 2.75) is 6.61 Å². The van der Waals surface area contributed by atoms with E-state index in [4.69, 9.17) is 15.0 Å². The second kappa shape index (κ2) is 7.00. The standard InChI is InChI=1S/C17H15FN4O3/c1-22(17(19)23)13-6-8-14(9-7-13)24-10-15-20-16(25-21-15)11-2-4-12(18)5-3-11/h2-9H,10H2,1H3,(H2,19,23). The Morgan fingerprint density at radius 1 is 1.20 bits per heavy atom. The summed E-state index contributed by atoms with van der Waals surface area (Å²) in [5.74, 6) is 0.890. The molecule has 3 aromatic rings. The number of nitrogens with zero attached hydrogens (tertiary/aromatic N) is 3. The summed E-state index contributed by atoms with van der Waals surface area (Å²) in [6.07, 6.45) is 0. The number of rotatable bonds is 5. The van der Waals surface area contributed by atoms with Crippen LogP contribution in [0.5, 0.6) is 5.75 Å². The van der Waals surface area contributed by atoms with Gasteiger partial charge in [-0.05, 0) is 48.5 Å². The maximum atomic E-state index is 12.9. The summed E-state index contributed by atoms with van der Waals surface area (Å²) in [5, 5.41) is 3.82. The molecular weight excluding hydrogens is 327 g/mol. The average Bonchev–Trinajstić information content (AvgIpc) is 3.09. The fourth-order valence-corrected chi connectivity index (χ4v) is 2.06. The van der Waals surface area contributed by atoms with Gasteiger partial charge in [-0.2, -0.15) is 4.98 Å². The Labute approximate surface area is 142 Å². The highest BCUT2D eigenvalue weighted by Crippen LogP contribution is 2.20. The third kappa shape index (κ3) is 3.92. The Balaban J connectivity index is 1.62. The van der Waals surface area contributed by atoms with Gasteiger partial charge in [0.25, 0.3) is 5.89 Å². The molecule has 25 heavy (non-hydrogen) atoms. The minimum Gasteiger partial charge on any atom is -0.485 e. The number of benzene rings is 2. The lowest BCUT2D eigenvalue weighted by molar-refractivity contribution is 0.255. The van der Waals surface area contributed by atoms with E-state index in [1.165, 1.54) is 17.0 Å². The molecule has 0 aliphatic rings. The van der Waals surface area contributed by atoms with Crippen LogP contribution < -0.4 is 15.4 Å². The number of hydrogen-bond donors (Lipinski definition) is 1. The number of ether oxygens (including phenoxy) is 1. The molecule has 2 amide bonds. The molecule has 8 heteroatoms. The van der Waals surface area contributed by atoms with Gasteiger partial charge in [-0.25, -0.2) is 9.18 Å². The van der Waals surface area contributed by atoms with Crippen molar-refractivity contribution in [2.24, 2.45) is 5.73 Å². The average molecular weight is 342 g/mol. The zero-order chi connectivity index (χ0) is 17.8. The highest BCUT2D eigenvalue weighted by atomic mass is 19.1. The molecule has 0 atom stereocenters. The second-order valence-electron chi connectivity index (χ2n) is 5.20. The summed E-state index contributed by atoms with van der Waals surface area (Å²) < 4.78 is 23.6. The monoisotopic (exact) mass is 342 g/mol. The third-order valence-corrected chi connectivity index (χ3v) is 3.48. The van der Waals surface area contributed by atoms with Crippen molar-refractivity contribution in [1.82, 2.24) is 10.1 Å². The zero-order valence-corrected chi connectivity index (χ0v) is 13.3. The Kier molecular flexibility index (Phi) is 4.60. The molecule has 0 aliphatic carbocycles.